The number of benzene rings is 2. The Morgan fingerprint density at radius 3 is 2.47 bits per heavy atom. The third kappa shape index (κ3) is 4.16. The van der Waals surface area contributed by atoms with Gasteiger partial charge in [-0.2, -0.15) is 5.10 Å². The summed E-state index contributed by atoms with van der Waals surface area (Å²) in [4.78, 5) is 17.2. The van der Waals surface area contributed by atoms with Crippen molar-refractivity contribution in [3.05, 3.63) is 103 Å². The van der Waals surface area contributed by atoms with E-state index in [0.717, 1.165) is 28.1 Å². The van der Waals surface area contributed by atoms with Crippen LogP contribution in [0.3, 0.4) is 0 Å². The molecule has 0 spiro atoms. The maximum atomic E-state index is 13.1. The highest BCUT2D eigenvalue weighted by atomic mass is 16.2. The van der Waals surface area contributed by atoms with Crippen molar-refractivity contribution < 1.29 is 4.79 Å². The lowest BCUT2D eigenvalue weighted by Gasteiger charge is -2.18. The molecule has 2 atom stereocenters. The molecule has 2 unspecified atom stereocenters. The van der Waals surface area contributed by atoms with E-state index in [9.17, 15) is 4.79 Å². The van der Waals surface area contributed by atoms with E-state index in [-0.39, 0.29) is 17.9 Å². The Morgan fingerprint density at radius 2 is 1.72 bits per heavy atom. The minimum absolute atomic E-state index is 0.00416. The fraction of sp³-hybridized carbons (Fsp3) is 0.160. The Hall–Kier alpha value is -3.81. The molecule has 1 fully saturated rings. The van der Waals surface area contributed by atoms with Crippen molar-refractivity contribution in [2.24, 2.45) is 5.92 Å². The number of nitrogens with one attached hydrogen (secondary N) is 3. The van der Waals surface area contributed by atoms with Crippen molar-refractivity contribution in [2.45, 2.75) is 12.6 Å². The lowest BCUT2D eigenvalue weighted by molar-refractivity contribution is -0.125. The van der Waals surface area contributed by atoms with E-state index in [0.29, 0.717) is 13.1 Å². The molecule has 4 aromatic rings. The molecule has 0 saturated carbocycles. The summed E-state index contributed by atoms with van der Waals surface area (Å²) in [5, 5.41) is 7.93. The van der Waals surface area contributed by atoms with Gasteiger partial charge in [0, 0.05) is 42.8 Å². The SMILES string of the molecule is O=C(NCc1cn(-c2ccccc2)nc1-c1ccncc1)C1CNNC1c1ccccc1. The van der Waals surface area contributed by atoms with Crippen LogP contribution in [0.4, 0.5) is 0 Å². The quantitative estimate of drug-likeness (QED) is 0.443. The van der Waals surface area contributed by atoms with E-state index < -0.39 is 0 Å². The van der Waals surface area contributed by atoms with Crippen molar-refractivity contribution in [2.75, 3.05) is 6.54 Å². The maximum Gasteiger partial charge on any atom is 0.226 e. The van der Waals surface area contributed by atoms with Crippen LogP contribution in [0.2, 0.25) is 0 Å². The van der Waals surface area contributed by atoms with Crippen molar-refractivity contribution in [3.63, 3.8) is 0 Å². The number of hydrogen-bond acceptors (Lipinski definition) is 5. The summed E-state index contributed by atoms with van der Waals surface area (Å²) in [7, 11) is 0. The molecule has 0 aliphatic carbocycles. The minimum atomic E-state index is -0.203. The molecule has 1 saturated heterocycles. The zero-order chi connectivity index (χ0) is 21.8. The molecular formula is C25H24N6O. The van der Waals surface area contributed by atoms with Gasteiger partial charge in [-0.3, -0.25) is 15.2 Å². The fourth-order valence-corrected chi connectivity index (χ4v) is 4.04. The molecule has 7 nitrogen and oxygen atoms in total. The Bertz CT molecular complexity index is 1180. The summed E-state index contributed by atoms with van der Waals surface area (Å²) in [5.74, 6) is -0.199. The van der Waals surface area contributed by atoms with Crippen LogP contribution in [0.5, 0.6) is 0 Å². The van der Waals surface area contributed by atoms with E-state index in [1.807, 2.05) is 83.7 Å². The van der Waals surface area contributed by atoms with Crippen LogP contribution in [0.1, 0.15) is 17.2 Å². The number of carbonyl (C=O) groups is 1. The Labute approximate surface area is 186 Å². The zero-order valence-corrected chi connectivity index (χ0v) is 17.5. The van der Waals surface area contributed by atoms with Crippen molar-refractivity contribution in [1.82, 2.24) is 30.9 Å². The second kappa shape index (κ2) is 9.13. The molecular weight excluding hydrogens is 400 g/mol. The number of nitrogens with zero attached hydrogens (tertiary/aromatic N) is 3. The van der Waals surface area contributed by atoms with Gasteiger partial charge in [-0.25, -0.2) is 10.1 Å². The molecule has 2 aromatic heterocycles. The van der Waals surface area contributed by atoms with Gasteiger partial charge in [-0.05, 0) is 29.8 Å². The summed E-state index contributed by atoms with van der Waals surface area (Å²) >= 11 is 0. The predicted molar refractivity (Wildman–Crippen MR) is 122 cm³/mol. The Balaban J connectivity index is 1.38. The standard InChI is InChI=1S/C25H24N6O/c32-25(22-16-28-29-24(22)18-7-3-1-4-8-18)27-15-20-17-31(21-9-5-2-6-10-21)30-23(20)19-11-13-26-14-12-19/h1-14,17,22,24,28-29H,15-16H2,(H,27,32). The van der Waals surface area contributed by atoms with E-state index in [2.05, 4.69) is 21.2 Å². The number of amides is 1. The maximum absolute atomic E-state index is 13.1. The van der Waals surface area contributed by atoms with Gasteiger partial charge in [0.15, 0.2) is 0 Å². The molecule has 1 aliphatic rings. The molecule has 0 radical (unpaired) electrons. The van der Waals surface area contributed by atoms with Crippen LogP contribution in [-0.4, -0.2) is 27.2 Å². The first-order chi connectivity index (χ1) is 15.8. The molecule has 7 heteroatoms. The van der Waals surface area contributed by atoms with Crippen LogP contribution >= 0.6 is 0 Å². The average molecular weight is 425 g/mol. The number of aromatic nitrogens is 3. The molecule has 2 aromatic carbocycles. The highest BCUT2D eigenvalue weighted by Gasteiger charge is 2.33. The van der Waals surface area contributed by atoms with Gasteiger partial charge in [-0.1, -0.05) is 48.5 Å². The van der Waals surface area contributed by atoms with Crippen LogP contribution in [0, 0.1) is 5.92 Å². The number of carbonyl (C=O) groups excluding carboxylic acids is 1. The number of pyridine rings is 1. The van der Waals surface area contributed by atoms with Gasteiger partial charge in [0.05, 0.1) is 23.3 Å². The van der Waals surface area contributed by atoms with Gasteiger partial charge in [0.2, 0.25) is 5.91 Å². The molecule has 160 valence electrons. The van der Waals surface area contributed by atoms with Gasteiger partial charge < -0.3 is 5.32 Å². The van der Waals surface area contributed by atoms with Gasteiger partial charge in [0.1, 0.15) is 0 Å². The fourth-order valence-electron chi connectivity index (χ4n) is 4.04. The number of para-hydroxylation sites is 1. The Morgan fingerprint density at radius 1 is 1.00 bits per heavy atom. The predicted octanol–water partition coefficient (Wildman–Crippen LogP) is 3.02. The van der Waals surface area contributed by atoms with Gasteiger partial charge in [-0.15, -0.1) is 0 Å². The number of hydrazine groups is 1. The molecule has 5 rings (SSSR count). The molecule has 3 N–H and O–H groups in total. The third-order valence-electron chi connectivity index (χ3n) is 5.69. The molecule has 0 bridgehead atoms. The summed E-state index contributed by atoms with van der Waals surface area (Å²) in [6, 6.07) is 23.8. The molecule has 32 heavy (non-hydrogen) atoms. The summed E-state index contributed by atoms with van der Waals surface area (Å²) < 4.78 is 1.85. The van der Waals surface area contributed by atoms with E-state index >= 15 is 0 Å². The van der Waals surface area contributed by atoms with E-state index in [1.165, 1.54) is 0 Å². The zero-order valence-electron chi connectivity index (χ0n) is 17.5. The number of rotatable bonds is 6. The number of hydrogen-bond donors (Lipinski definition) is 3. The van der Waals surface area contributed by atoms with Crippen molar-refractivity contribution in [1.29, 1.82) is 0 Å². The average Bonchev–Trinajstić information content (AvgIpc) is 3.52. The summed E-state index contributed by atoms with van der Waals surface area (Å²) in [6.07, 6.45) is 5.48. The van der Waals surface area contributed by atoms with Crippen LogP contribution < -0.4 is 16.2 Å². The molecule has 1 aliphatic heterocycles. The lowest BCUT2D eigenvalue weighted by Crippen LogP contribution is -2.34. The van der Waals surface area contributed by atoms with Crippen LogP contribution in [0.15, 0.2) is 91.4 Å². The highest BCUT2D eigenvalue weighted by molar-refractivity contribution is 5.80. The first kappa shape index (κ1) is 20.1. The van der Waals surface area contributed by atoms with Crippen LogP contribution in [-0.2, 0) is 11.3 Å². The third-order valence-corrected chi connectivity index (χ3v) is 5.69. The van der Waals surface area contributed by atoms with Crippen molar-refractivity contribution >= 4 is 5.91 Å². The molecule has 1 amide bonds. The van der Waals surface area contributed by atoms with E-state index in [4.69, 9.17) is 5.10 Å². The first-order valence-electron chi connectivity index (χ1n) is 10.6. The second-order valence-corrected chi connectivity index (χ2v) is 7.76. The van der Waals surface area contributed by atoms with Gasteiger partial charge in [0.25, 0.3) is 0 Å². The van der Waals surface area contributed by atoms with Crippen molar-refractivity contribution in [3.8, 4) is 16.9 Å². The first-order valence-corrected chi connectivity index (χ1v) is 10.6. The summed E-state index contributed by atoms with van der Waals surface area (Å²) in [5.41, 5.74) is 11.2. The Kier molecular flexibility index (Phi) is 5.74. The van der Waals surface area contributed by atoms with E-state index in [1.54, 1.807) is 12.4 Å². The largest absolute Gasteiger partial charge is 0.352 e. The topological polar surface area (TPSA) is 83.9 Å². The summed E-state index contributed by atoms with van der Waals surface area (Å²) in [6.45, 7) is 0.965. The second-order valence-electron chi connectivity index (χ2n) is 7.76. The van der Waals surface area contributed by atoms with Gasteiger partial charge >= 0.3 is 0 Å². The highest BCUT2D eigenvalue weighted by Crippen LogP contribution is 2.26. The minimum Gasteiger partial charge on any atom is -0.352 e. The molecule has 3 heterocycles. The lowest BCUT2D eigenvalue weighted by atomic mass is 9.94. The monoisotopic (exact) mass is 424 g/mol. The normalized spacial score (nSPS) is 17.9. The smallest absolute Gasteiger partial charge is 0.226 e. The van der Waals surface area contributed by atoms with Crippen LogP contribution in [0.25, 0.3) is 16.9 Å².